The van der Waals surface area contributed by atoms with Crippen molar-refractivity contribution in [2.45, 2.75) is 58.4 Å². The van der Waals surface area contributed by atoms with Crippen LogP contribution in [0.5, 0.6) is 0 Å². The molecule has 0 bridgehead atoms. The Kier molecular flexibility index (Phi) is 4.59. The second kappa shape index (κ2) is 5.50. The van der Waals surface area contributed by atoms with E-state index in [1.54, 1.807) is 0 Å². The minimum Gasteiger partial charge on any atom is -0.327 e. The smallest absolute Gasteiger partial charge is 0.137 e. The van der Waals surface area contributed by atoms with Crippen LogP contribution in [-0.4, -0.2) is 11.8 Å². The van der Waals surface area contributed by atoms with Gasteiger partial charge in [0.25, 0.3) is 0 Å². The predicted molar refractivity (Wildman–Crippen MR) is 59.0 cm³/mol. The Balaban J connectivity index is 2.30. The fraction of sp³-hybridized carbons (Fsp3) is 0.917. The Morgan fingerprint density at radius 1 is 1.36 bits per heavy atom. The minimum absolute atomic E-state index is 0.0850. The molecule has 2 nitrogen and oxygen atoms in total. The molecule has 2 heteroatoms. The molecule has 0 aliphatic heterocycles. The van der Waals surface area contributed by atoms with Crippen molar-refractivity contribution in [1.82, 2.24) is 0 Å². The molecule has 0 radical (unpaired) electrons. The monoisotopic (exact) mass is 197 g/mol. The minimum atomic E-state index is 0.0850. The van der Waals surface area contributed by atoms with Crippen LogP contribution in [0.2, 0.25) is 0 Å². The van der Waals surface area contributed by atoms with Gasteiger partial charge < -0.3 is 5.73 Å². The van der Waals surface area contributed by atoms with Crippen molar-refractivity contribution in [3.8, 4) is 0 Å². The van der Waals surface area contributed by atoms with E-state index in [-0.39, 0.29) is 6.04 Å². The molecule has 2 N–H and O–H groups in total. The molecule has 14 heavy (non-hydrogen) atoms. The molecule has 1 unspecified atom stereocenters. The standard InChI is InChI=1S/C12H23NO/c1-3-11(13)8-12(14)10-6-4-9(2)5-7-10/h9-11H,3-8,13H2,1-2H3. The molecule has 0 heterocycles. The number of ketones is 1. The third kappa shape index (κ3) is 3.41. The maximum atomic E-state index is 11.8. The molecule has 1 saturated carbocycles. The lowest BCUT2D eigenvalue weighted by Crippen LogP contribution is -2.28. The summed E-state index contributed by atoms with van der Waals surface area (Å²) in [6.07, 6.45) is 6.13. The molecule has 1 rings (SSSR count). The Morgan fingerprint density at radius 2 is 1.93 bits per heavy atom. The zero-order chi connectivity index (χ0) is 10.6. The fourth-order valence-corrected chi connectivity index (χ4v) is 2.15. The quantitative estimate of drug-likeness (QED) is 0.752. The molecule has 0 amide bonds. The Hall–Kier alpha value is -0.370. The Morgan fingerprint density at radius 3 is 2.43 bits per heavy atom. The van der Waals surface area contributed by atoms with Crippen LogP contribution in [0.1, 0.15) is 52.4 Å². The average molecular weight is 197 g/mol. The number of carbonyl (C=O) groups is 1. The summed E-state index contributed by atoms with van der Waals surface area (Å²) in [5.41, 5.74) is 5.79. The predicted octanol–water partition coefficient (Wildman–Crippen LogP) is 2.51. The van der Waals surface area contributed by atoms with Crippen LogP contribution < -0.4 is 5.73 Å². The van der Waals surface area contributed by atoms with Crippen molar-refractivity contribution in [1.29, 1.82) is 0 Å². The Labute approximate surface area is 87.2 Å². The van der Waals surface area contributed by atoms with Crippen molar-refractivity contribution in [2.24, 2.45) is 17.6 Å². The van der Waals surface area contributed by atoms with Crippen molar-refractivity contribution < 1.29 is 4.79 Å². The van der Waals surface area contributed by atoms with E-state index in [9.17, 15) is 4.79 Å². The van der Waals surface area contributed by atoms with Crippen LogP contribution in [0.4, 0.5) is 0 Å². The number of carbonyl (C=O) groups excluding carboxylic acids is 1. The summed E-state index contributed by atoms with van der Waals surface area (Å²) in [6.45, 7) is 4.32. The van der Waals surface area contributed by atoms with Gasteiger partial charge in [-0.05, 0) is 25.2 Å². The van der Waals surface area contributed by atoms with E-state index in [1.165, 1.54) is 12.8 Å². The molecule has 0 spiro atoms. The zero-order valence-electron chi connectivity index (χ0n) is 9.46. The number of Topliss-reactive ketones (excluding diaryl/α,β-unsaturated/α-hetero) is 1. The van der Waals surface area contributed by atoms with E-state index >= 15 is 0 Å². The molecule has 0 aromatic heterocycles. The topological polar surface area (TPSA) is 43.1 Å². The molecule has 82 valence electrons. The zero-order valence-corrected chi connectivity index (χ0v) is 9.46. The van der Waals surface area contributed by atoms with Crippen LogP contribution in [-0.2, 0) is 4.79 Å². The highest BCUT2D eigenvalue weighted by atomic mass is 16.1. The molecule has 1 aliphatic carbocycles. The number of hydrogen-bond acceptors (Lipinski definition) is 2. The van der Waals surface area contributed by atoms with Gasteiger partial charge >= 0.3 is 0 Å². The van der Waals surface area contributed by atoms with Gasteiger partial charge in [0.1, 0.15) is 5.78 Å². The SMILES string of the molecule is CCC(N)CC(=O)C1CCC(C)CC1. The normalized spacial score (nSPS) is 29.9. The van der Waals surface area contributed by atoms with E-state index in [1.807, 2.05) is 6.92 Å². The van der Waals surface area contributed by atoms with Crippen molar-refractivity contribution in [3.63, 3.8) is 0 Å². The lowest BCUT2D eigenvalue weighted by atomic mass is 9.79. The van der Waals surface area contributed by atoms with Gasteiger partial charge in [0.2, 0.25) is 0 Å². The maximum Gasteiger partial charge on any atom is 0.137 e. The highest BCUT2D eigenvalue weighted by molar-refractivity contribution is 5.81. The van der Waals surface area contributed by atoms with E-state index in [2.05, 4.69) is 6.92 Å². The molecule has 0 aromatic carbocycles. The molecule has 1 aliphatic rings. The first-order valence-corrected chi connectivity index (χ1v) is 5.91. The van der Waals surface area contributed by atoms with Crippen LogP contribution >= 0.6 is 0 Å². The maximum absolute atomic E-state index is 11.8. The number of nitrogens with two attached hydrogens (primary N) is 1. The van der Waals surface area contributed by atoms with Gasteiger partial charge in [-0.1, -0.05) is 26.7 Å². The van der Waals surface area contributed by atoms with Crippen molar-refractivity contribution in [3.05, 3.63) is 0 Å². The summed E-state index contributed by atoms with van der Waals surface area (Å²) in [7, 11) is 0. The second-order valence-corrected chi connectivity index (χ2v) is 4.80. The number of rotatable bonds is 4. The molecule has 1 atom stereocenters. The van der Waals surface area contributed by atoms with Crippen molar-refractivity contribution >= 4 is 5.78 Å². The highest BCUT2D eigenvalue weighted by Gasteiger charge is 2.24. The van der Waals surface area contributed by atoms with E-state index in [4.69, 9.17) is 5.73 Å². The lowest BCUT2D eigenvalue weighted by molar-refractivity contribution is -0.124. The third-order valence-corrected chi connectivity index (χ3v) is 3.46. The van der Waals surface area contributed by atoms with E-state index in [0.29, 0.717) is 18.1 Å². The first kappa shape index (κ1) is 11.7. The highest BCUT2D eigenvalue weighted by Crippen LogP contribution is 2.29. The Bertz CT molecular complexity index is 183. The first-order chi connectivity index (χ1) is 6.63. The number of hydrogen-bond donors (Lipinski definition) is 1. The molecule has 0 aromatic rings. The first-order valence-electron chi connectivity index (χ1n) is 5.91. The molecular formula is C12H23NO. The van der Waals surface area contributed by atoms with Crippen LogP contribution in [0.25, 0.3) is 0 Å². The molecule has 0 saturated heterocycles. The summed E-state index contributed by atoms with van der Waals surface area (Å²) in [6, 6.07) is 0.0850. The summed E-state index contributed by atoms with van der Waals surface area (Å²) in [4.78, 5) is 11.8. The van der Waals surface area contributed by atoms with Gasteiger partial charge in [0, 0.05) is 18.4 Å². The largest absolute Gasteiger partial charge is 0.327 e. The van der Waals surface area contributed by atoms with Gasteiger partial charge in [-0.25, -0.2) is 0 Å². The van der Waals surface area contributed by atoms with Gasteiger partial charge in [-0.2, -0.15) is 0 Å². The van der Waals surface area contributed by atoms with Gasteiger partial charge in [-0.15, -0.1) is 0 Å². The average Bonchev–Trinajstić information content (AvgIpc) is 2.18. The fourth-order valence-electron chi connectivity index (χ4n) is 2.15. The second-order valence-electron chi connectivity index (χ2n) is 4.80. The molecular weight excluding hydrogens is 174 g/mol. The van der Waals surface area contributed by atoms with Gasteiger partial charge in [-0.3, -0.25) is 4.79 Å². The van der Waals surface area contributed by atoms with Gasteiger partial charge in [0.05, 0.1) is 0 Å². The summed E-state index contributed by atoms with van der Waals surface area (Å²) in [5.74, 6) is 1.55. The third-order valence-electron chi connectivity index (χ3n) is 3.46. The summed E-state index contributed by atoms with van der Waals surface area (Å²) >= 11 is 0. The summed E-state index contributed by atoms with van der Waals surface area (Å²) in [5, 5.41) is 0. The lowest BCUT2D eigenvalue weighted by Gasteiger charge is -2.25. The van der Waals surface area contributed by atoms with Gasteiger partial charge in [0.15, 0.2) is 0 Å². The van der Waals surface area contributed by atoms with E-state index < -0.39 is 0 Å². The van der Waals surface area contributed by atoms with Crippen LogP contribution in [0, 0.1) is 11.8 Å². The van der Waals surface area contributed by atoms with Crippen molar-refractivity contribution in [2.75, 3.05) is 0 Å². The van der Waals surface area contributed by atoms with E-state index in [0.717, 1.165) is 25.2 Å². The molecule has 1 fully saturated rings. The summed E-state index contributed by atoms with van der Waals surface area (Å²) < 4.78 is 0. The van der Waals surface area contributed by atoms with Crippen LogP contribution in [0.15, 0.2) is 0 Å². The van der Waals surface area contributed by atoms with Crippen LogP contribution in [0.3, 0.4) is 0 Å².